The Hall–Kier alpha value is -1.95. The van der Waals surface area contributed by atoms with E-state index < -0.39 is 5.97 Å². The highest BCUT2D eigenvalue weighted by Crippen LogP contribution is 2.60. The predicted molar refractivity (Wildman–Crippen MR) is 112 cm³/mol. The number of hydrogen-bond acceptors (Lipinski definition) is 6. The van der Waals surface area contributed by atoms with Gasteiger partial charge in [-0.2, -0.15) is 0 Å². The standard InChI is InChI=1S/C24H32N2O4/c1-15-12-26(13-16(2)30-15)20-3-4-25-21(8-20)23(28)29-14-22(27)24-9-17-5-18(10-24)7-19(6-17)11-24/h3-4,8,15-19H,5-7,9-14H2,1-2H3/t15-,16-,17?,18?,19?,24?/m0/s1. The summed E-state index contributed by atoms with van der Waals surface area (Å²) in [6.07, 6.45) is 8.78. The van der Waals surface area contributed by atoms with Gasteiger partial charge in [0.05, 0.1) is 12.2 Å². The van der Waals surface area contributed by atoms with Crippen LogP contribution >= 0.6 is 0 Å². The van der Waals surface area contributed by atoms with Crippen LogP contribution in [-0.2, 0) is 14.3 Å². The molecule has 0 spiro atoms. The highest BCUT2D eigenvalue weighted by Gasteiger charge is 2.54. The van der Waals surface area contributed by atoms with E-state index in [1.165, 1.54) is 19.3 Å². The van der Waals surface area contributed by atoms with E-state index in [2.05, 4.69) is 23.7 Å². The Balaban J connectivity index is 1.22. The number of pyridine rings is 1. The van der Waals surface area contributed by atoms with Crippen LogP contribution in [0.15, 0.2) is 18.3 Å². The first kappa shape index (κ1) is 20.0. The minimum Gasteiger partial charge on any atom is -0.453 e. The monoisotopic (exact) mass is 412 g/mol. The molecular weight excluding hydrogens is 380 g/mol. The van der Waals surface area contributed by atoms with E-state index in [0.29, 0.717) is 17.8 Å². The van der Waals surface area contributed by atoms with Gasteiger partial charge in [-0.1, -0.05) is 0 Å². The molecule has 6 heteroatoms. The molecule has 1 saturated heterocycles. The molecule has 0 unspecified atom stereocenters. The van der Waals surface area contributed by atoms with Gasteiger partial charge in [-0.15, -0.1) is 0 Å². The number of nitrogens with zero attached hydrogens (tertiary/aromatic N) is 2. The molecule has 0 aromatic carbocycles. The number of ether oxygens (including phenoxy) is 2. The largest absolute Gasteiger partial charge is 0.453 e. The lowest BCUT2D eigenvalue weighted by molar-refractivity contribution is -0.147. The van der Waals surface area contributed by atoms with Crippen LogP contribution in [0.1, 0.15) is 62.9 Å². The number of esters is 1. The highest BCUT2D eigenvalue weighted by atomic mass is 16.5. The van der Waals surface area contributed by atoms with Gasteiger partial charge >= 0.3 is 5.97 Å². The van der Waals surface area contributed by atoms with Crippen molar-refractivity contribution in [2.45, 2.75) is 64.6 Å². The zero-order valence-corrected chi connectivity index (χ0v) is 18.0. The van der Waals surface area contributed by atoms with Crippen LogP contribution in [-0.4, -0.2) is 48.6 Å². The molecule has 162 valence electrons. The molecule has 4 saturated carbocycles. The van der Waals surface area contributed by atoms with Crippen LogP contribution in [0.2, 0.25) is 0 Å². The first-order chi connectivity index (χ1) is 14.4. The van der Waals surface area contributed by atoms with E-state index >= 15 is 0 Å². The van der Waals surface area contributed by atoms with Gasteiger partial charge in [0, 0.05) is 30.4 Å². The maximum absolute atomic E-state index is 13.1. The van der Waals surface area contributed by atoms with Gasteiger partial charge in [-0.05, 0) is 82.3 Å². The van der Waals surface area contributed by atoms with Gasteiger partial charge in [0.1, 0.15) is 5.69 Å². The quantitative estimate of drug-likeness (QED) is 0.688. The normalized spacial score (nSPS) is 37.3. The molecule has 0 N–H and O–H groups in total. The van der Waals surface area contributed by atoms with Gasteiger partial charge in [-0.3, -0.25) is 4.79 Å². The fraction of sp³-hybridized carbons (Fsp3) is 0.708. The molecule has 0 amide bonds. The van der Waals surface area contributed by atoms with E-state index in [4.69, 9.17) is 9.47 Å². The van der Waals surface area contributed by atoms with Gasteiger partial charge < -0.3 is 14.4 Å². The third-order valence-corrected chi connectivity index (χ3v) is 7.70. The second-order valence-electron chi connectivity index (χ2n) is 10.3. The molecule has 4 bridgehead atoms. The molecule has 4 aliphatic carbocycles. The average Bonchev–Trinajstić information content (AvgIpc) is 2.70. The molecule has 1 aromatic heterocycles. The van der Waals surface area contributed by atoms with Crippen molar-refractivity contribution in [3.8, 4) is 0 Å². The summed E-state index contributed by atoms with van der Waals surface area (Å²) in [4.78, 5) is 32.2. The molecule has 6 nitrogen and oxygen atoms in total. The van der Waals surface area contributed by atoms with Crippen molar-refractivity contribution in [2.75, 3.05) is 24.6 Å². The van der Waals surface area contributed by atoms with E-state index in [1.54, 1.807) is 12.3 Å². The fourth-order valence-corrected chi connectivity index (χ4v) is 6.93. The first-order valence-electron chi connectivity index (χ1n) is 11.5. The van der Waals surface area contributed by atoms with E-state index in [1.807, 2.05) is 6.07 Å². The third kappa shape index (κ3) is 3.75. The molecule has 0 radical (unpaired) electrons. The number of carbonyl (C=O) groups excluding carboxylic acids is 2. The Kier molecular flexibility index (Phi) is 5.08. The molecule has 1 aliphatic heterocycles. The van der Waals surface area contributed by atoms with E-state index in [0.717, 1.165) is 38.0 Å². The Bertz CT molecular complexity index is 793. The predicted octanol–water partition coefficient (Wildman–Crippen LogP) is 3.64. The Labute approximate surface area is 178 Å². The van der Waals surface area contributed by atoms with Crippen LogP contribution in [0.5, 0.6) is 0 Å². The highest BCUT2D eigenvalue weighted by molar-refractivity contribution is 5.92. The number of Topliss-reactive ketones (excluding diaryl/α,β-unsaturated/α-hetero) is 1. The van der Waals surface area contributed by atoms with Crippen molar-refractivity contribution in [2.24, 2.45) is 23.2 Å². The SMILES string of the molecule is C[C@H]1CN(c2ccnc(C(=O)OCC(=O)C34CC5CC(CC(C5)C3)C4)c2)C[C@H](C)O1. The Morgan fingerprint density at radius 2 is 1.70 bits per heavy atom. The Morgan fingerprint density at radius 3 is 2.30 bits per heavy atom. The molecule has 1 aromatic rings. The van der Waals surface area contributed by atoms with Crippen molar-refractivity contribution < 1.29 is 19.1 Å². The van der Waals surface area contributed by atoms with Gasteiger partial charge in [-0.25, -0.2) is 9.78 Å². The molecule has 6 rings (SSSR count). The van der Waals surface area contributed by atoms with Crippen molar-refractivity contribution in [1.82, 2.24) is 4.98 Å². The lowest BCUT2D eigenvalue weighted by atomic mass is 9.48. The summed E-state index contributed by atoms with van der Waals surface area (Å²) >= 11 is 0. The lowest BCUT2D eigenvalue weighted by Crippen LogP contribution is -2.51. The summed E-state index contributed by atoms with van der Waals surface area (Å²) in [6.45, 7) is 5.52. The number of morpholine rings is 1. The Morgan fingerprint density at radius 1 is 1.10 bits per heavy atom. The third-order valence-electron chi connectivity index (χ3n) is 7.70. The molecule has 5 fully saturated rings. The topological polar surface area (TPSA) is 68.7 Å². The molecule has 2 atom stereocenters. The second kappa shape index (κ2) is 7.63. The average molecular weight is 413 g/mol. The van der Waals surface area contributed by atoms with Crippen LogP contribution in [0, 0.1) is 23.2 Å². The second-order valence-corrected chi connectivity index (χ2v) is 10.3. The maximum atomic E-state index is 13.1. The summed E-state index contributed by atoms with van der Waals surface area (Å²) in [5, 5.41) is 0. The summed E-state index contributed by atoms with van der Waals surface area (Å²) in [5.41, 5.74) is 0.966. The number of ketones is 1. The minimum absolute atomic E-state index is 0.122. The van der Waals surface area contributed by atoms with E-state index in [-0.39, 0.29) is 35.7 Å². The van der Waals surface area contributed by atoms with Crippen LogP contribution < -0.4 is 4.90 Å². The number of aromatic nitrogens is 1. The van der Waals surface area contributed by atoms with Crippen molar-refractivity contribution in [1.29, 1.82) is 0 Å². The number of carbonyl (C=O) groups is 2. The van der Waals surface area contributed by atoms with Crippen molar-refractivity contribution >= 4 is 17.4 Å². The molecule has 2 heterocycles. The van der Waals surface area contributed by atoms with Crippen LogP contribution in [0.3, 0.4) is 0 Å². The fourth-order valence-electron chi connectivity index (χ4n) is 6.93. The molecule has 5 aliphatic rings. The van der Waals surface area contributed by atoms with Crippen molar-refractivity contribution in [3.63, 3.8) is 0 Å². The smallest absolute Gasteiger partial charge is 0.357 e. The number of anilines is 1. The maximum Gasteiger partial charge on any atom is 0.357 e. The number of hydrogen-bond donors (Lipinski definition) is 0. The van der Waals surface area contributed by atoms with Gasteiger partial charge in [0.2, 0.25) is 0 Å². The zero-order valence-electron chi connectivity index (χ0n) is 18.0. The summed E-state index contributed by atoms with van der Waals surface area (Å²) in [6, 6.07) is 3.67. The molecule has 30 heavy (non-hydrogen) atoms. The van der Waals surface area contributed by atoms with Gasteiger partial charge in [0.15, 0.2) is 12.4 Å². The summed E-state index contributed by atoms with van der Waals surface area (Å²) in [5.74, 6) is 1.72. The first-order valence-corrected chi connectivity index (χ1v) is 11.5. The van der Waals surface area contributed by atoms with Crippen LogP contribution in [0.25, 0.3) is 0 Å². The van der Waals surface area contributed by atoms with Crippen LogP contribution in [0.4, 0.5) is 5.69 Å². The summed E-state index contributed by atoms with van der Waals surface area (Å²) in [7, 11) is 0. The minimum atomic E-state index is -0.510. The lowest BCUT2D eigenvalue weighted by Gasteiger charge is -2.55. The van der Waals surface area contributed by atoms with Gasteiger partial charge in [0.25, 0.3) is 0 Å². The number of rotatable bonds is 5. The summed E-state index contributed by atoms with van der Waals surface area (Å²) < 4.78 is 11.3. The molecular formula is C24H32N2O4. The van der Waals surface area contributed by atoms with E-state index in [9.17, 15) is 9.59 Å². The zero-order chi connectivity index (χ0) is 20.9. The van der Waals surface area contributed by atoms with Crippen molar-refractivity contribution in [3.05, 3.63) is 24.0 Å².